The van der Waals surface area contributed by atoms with Crippen molar-refractivity contribution in [1.82, 2.24) is 20.2 Å². The molecule has 6 nitrogen and oxygen atoms in total. The molecular formula is C21H23F3IN5O. The maximum Gasteiger partial charge on any atom is 0.422 e. The van der Waals surface area contributed by atoms with E-state index in [2.05, 4.69) is 20.6 Å². The van der Waals surface area contributed by atoms with Crippen molar-refractivity contribution in [2.75, 3.05) is 13.7 Å². The first kappa shape index (κ1) is 24.5. The van der Waals surface area contributed by atoms with Gasteiger partial charge in [0.05, 0.1) is 12.0 Å². The van der Waals surface area contributed by atoms with E-state index in [9.17, 15) is 13.2 Å². The summed E-state index contributed by atoms with van der Waals surface area (Å²) in [5, 5.41) is 6.45. The Morgan fingerprint density at radius 3 is 2.42 bits per heavy atom. The van der Waals surface area contributed by atoms with Gasteiger partial charge in [0.2, 0.25) is 0 Å². The number of benzene rings is 2. The van der Waals surface area contributed by atoms with Crippen molar-refractivity contribution in [1.29, 1.82) is 0 Å². The molecule has 0 amide bonds. The van der Waals surface area contributed by atoms with Crippen LogP contribution >= 0.6 is 24.0 Å². The molecule has 0 aliphatic carbocycles. The van der Waals surface area contributed by atoms with Crippen LogP contribution in [0, 0.1) is 0 Å². The number of alkyl halides is 3. The molecule has 0 saturated heterocycles. The quantitative estimate of drug-likeness (QED) is 0.264. The molecule has 0 aliphatic heterocycles. The smallest absolute Gasteiger partial charge is 0.422 e. The van der Waals surface area contributed by atoms with Gasteiger partial charge in [0.25, 0.3) is 0 Å². The van der Waals surface area contributed by atoms with Gasteiger partial charge in [-0.2, -0.15) is 13.2 Å². The molecule has 0 unspecified atom stereocenters. The predicted octanol–water partition coefficient (Wildman–Crippen LogP) is 4.30. The van der Waals surface area contributed by atoms with Crippen molar-refractivity contribution in [3.63, 3.8) is 0 Å². The van der Waals surface area contributed by atoms with E-state index >= 15 is 0 Å². The zero-order chi connectivity index (χ0) is 21.4. The number of rotatable bonds is 7. The van der Waals surface area contributed by atoms with E-state index < -0.39 is 12.8 Å². The number of nitrogens with zero attached hydrogens (tertiary/aromatic N) is 3. The molecular weight excluding hydrogens is 522 g/mol. The Balaban J connectivity index is 0.00000341. The average Bonchev–Trinajstić information content (AvgIpc) is 3.27. The maximum absolute atomic E-state index is 12.2. The fourth-order valence-electron chi connectivity index (χ4n) is 2.77. The molecule has 3 rings (SSSR count). The van der Waals surface area contributed by atoms with Crippen molar-refractivity contribution < 1.29 is 17.9 Å². The minimum absolute atomic E-state index is 0. The average molecular weight is 545 g/mol. The summed E-state index contributed by atoms with van der Waals surface area (Å²) >= 11 is 0. The minimum Gasteiger partial charge on any atom is -0.484 e. The number of imidazole rings is 1. The molecule has 166 valence electrons. The number of nitrogens with one attached hydrogen (secondary N) is 2. The SMILES string of the molecule is CN=C(NCc1ccc(OCC(F)(F)F)cc1)NCc1ccccc1-n1ccnc1.I. The number of hydrogen-bond acceptors (Lipinski definition) is 3. The third-order valence-electron chi connectivity index (χ3n) is 4.23. The largest absolute Gasteiger partial charge is 0.484 e. The monoisotopic (exact) mass is 545 g/mol. The summed E-state index contributed by atoms with van der Waals surface area (Å²) in [5.41, 5.74) is 2.98. The summed E-state index contributed by atoms with van der Waals surface area (Å²) in [5.74, 6) is 0.780. The summed E-state index contributed by atoms with van der Waals surface area (Å²) in [6, 6.07) is 14.4. The molecule has 0 spiro atoms. The Kier molecular flexibility index (Phi) is 9.16. The second kappa shape index (κ2) is 11.6. The van der Waals surface area contributed by atoms with Gasteiger partial charge >= 0.3 is 6.18 Å². The lowest BCUT2D eigenvalue weighted by molar-refractivity contribution is -0.153. The molecule has 1 heterocycles. The molecule has 10 heteroatoms. The number of aliphatic imine (C=N–C) groups is 1. The van der Waals surface area contributed by atoms with Gasteiger partial charge in [-0.05, 0) is 29.3 Å². The van der Waals surface area contributed by atoms with Gasteiger partial charge in [0, 0.05) is 32.5 Å². The molecule has 2 N–H and O–H groups in total. The molecule has 0 aliphatic rings. The molecule has 0 saturated carbocycles. The highest BCUT2D eigenvalue weighted by atomic mass is 127. The van der Waals surface area contributed by atoms with Crippen LogP contribution in [0.3, 0.4) is 0 Å². The molecule has 0 atom stereocenters. The highest BCUT2D eigenvalue weighted by Gasteiger charge is 2.28. The number of ether oxygens (including phenoxy) is 1. The van der Waals surface area contributed by atoms with E-state index in [0.717, 1.165) is 16.8 Å². The molecule has 0 radical (unpaired) electrons. The Bertz CT molecular complexity index is 960. The second-order valence-corrected chi connectivity index (χ2v) is 6.43. The van der Waals surface area contributed by atoms with Gasteiger partial charge in [-0.15, -0.1) is 24.0 Å². The Labute approximate surface area is 195 Å². The zero-order valence-electron chi connectivity index (χ0n) is 16.8. The summed E-state index contributed by atoms with van der Waals surface area (Å²) < 4.78 is 43.3. The third-order valence-corrected chi connectivity index (χ3v) is 4.23. The summed E-state index contributed by atoms with van der Waals surface area (Å²) in [6.07, 6.45) is 1.00. The molecule has 3 aromatic rings. The van der Waals surface area contributed by atoms with Crippen molar-refractivity contribution in [2.45, 2.75) is 19.3 Å². The van der Waals surface area contributed by atoms with Crippen LogP contribution in [0.25, 0.3) is 5.69 Å². The van der Waals surface area contributed by atoms with Gasteiger partial charge in [-0.3, -0.25) is 4.99 Å². The number of hydrogen-bond donors (Lipinski definition) is 2. The lowest BCUT2D eigenvalue weighted by Gasteiger charge is -2.15. The van der Waals surface area contributed by atoms with Gasteiger partial charge in [-0.1, -0.05) is 30.3 Å². The topological polar surface area (TPSA) is 63.5 Å². The van der Waals surface area contributed by atoms with Crippen LogP contribution in [0.4, 0.5) is 13.2 Å². The maximum atomic E-state index is 12.2. The van der Waals surface area contributed by atoms with E-state index in [0.29, 0.717) is 19.0 Å². The second-order valence-electron chi connectivity index (χ2n) is 6.43. The first-order valence-electron chi connectivity index (χ1n) is 9.24. The van der Waals surface area contributed by atoms with E-state index in [4.69, 9.17) is 4.74 Å². The standard InChI is InChI=1S/C21H22F3N5O.HI/c1-25-20(27-12-16-6-8-18(9-7-16)30-14-21(22,23)24)28-13-17-4-2-3-5-19(17)29-11-10-26-15-29;/h2-11,15H,12-14H2,1H3,(H2,25,27,28);1H. The van der Waals surface area contributed by atoms with Crippen LogP contribution in [0.2, 0.25) is 0 Å². The lowest BCUT2D eigenvalue weighted by Crippen LogP contribution is -2.36. The number of halogens is 4. The van der Waals surface area contributed by atoms with E-state index in [-0.39, 0.29) is 29.7 Å². The fraction of sp³-hybridized carbons (Fsp3) is 0.238. The fourth-order valence-corrected chi connectivity index (χ4v) is 2.77. The van der Waals surface area contributed by atoms with Gasteiger partial charge in [0.1, 0.15) is 5.75 Å². The van der Waals surface area contributed by atoms with E-state index in [1.807, 2.05) is 35.0 Å². The van der Waals surface area contributed by atoms with E-state index in [1.165, 1.54) is 12.1 Å². The first-order valence-corrected chi connectivity index (χ1v) is 9.24. The zero-order valence-corrected chi connectivity index (χ0v) is 19.1. The first-order chi connectivity index (χ1) is 14.4. The summed E-state index contributed by atoms with van der Waals surface area (Å²) in [4.78, 5) is 8.30. The van der Waals surface area contributed by atoms with E-state index in [1.54, 1.807) is 31.7 Å². The van der Waals surface area contributed by atoms with Crippen LogP contribution in [0.15, 0.2) is 72.2 Å². The molecule has 2 aromatic carbocycles. The Hall–Kier alpha value is -2.76. The highest BCUT2D eigenvalue weighted by molar-refractivity contribution is 14.0. The Morgan fingerprint density at radius 1 is 1.06 bits per heavy atom. The number of guanidine groups is 1. The van der Waals surface area contributed by atoms with Crippen LogP contribution in [-0.4, -0.2) is 35.3 Å². The van der Waals surface area contributed by atoms with Gasteiger partial charge < -0.3 is 19.9 Å². The van der Waals surface area contributed by atoms with Crippen molar-refractivity contribution in [3.8, 4) is 11.4 Å². The summed E-state index contributed by atoms with van der Waals surface area (Å²) in [7, 11) is 1.67. The lowest BCUT2D eigenvalue weighted by atomic mass is 10.1. The summed E-state index contributed by atoms with van der Waals surface area (Å²) in [6.45, 7) is -0.289. The molecule has 0 bridgehead atoms. The van der Waals surface area contributed by atoms with Crippen molar-refractivity contribution in [3.05, 3.63) is 78.4 Å². The number of para-hydroxylation sites is 1. The minimum atomic E-state index is -4.35. The highest BCUT2D eigenvalue weighted by Crippen LogP contribution is 2.19. The van der Waals surface area contributed by atoms with Crippen LogP contribution in [0.5, 0.6) is 5.75 Å². The van der Waals surface area contributed by atoms with Gasteiger partial charge in [-0.25, -0.2) is 4.98 Å². The third kappa shape index (κ3) is 7.78. The molecule has 0 fully saturated rings. The Morgan fingerprint density at radius 2 is 1.77 bits per heavy atom. The van der Waals surface area contributed by atoms with Gasteiger partial charge in [0.15, 0.2) is 12.6 Å². The predicted molar refractivity (Wildman–Crippen MR) is 124 cm³/mol. The van der Waals surface area contributed by atoms with Crippen LogP contribution in [0.1, 0.15) is 11.1 Å². The van der Waals surface area contributed by atoms with Crippen molar-refractivity contribution >= 4 is 29.9 Å². The molecule has 1 aromatic heterocycles. The van der Waals surface area contributed by atoms with Crippen molar-refractivity contribution in [2.24, 2.45) is 4.99 Å². The number of aromatic nitrogens is 2. The normalized spacial score (nSPS) is 11.5. The van der Waals surface area contributed by atoms with Crippen LogP contribution < -0.4 is 15.4 Å². The van der Waals surface area contributed by atoms with Crippen LogP contribution in [-0.2, 0) is 13.1 Å². The molecule has 31 heavy (non-hydrogen) atoms.